The second-order valence-electron chi connectivity index (χ2n) is 6.00. The van der Waals surface area contributed by atoms with Gasteiger partial charge in [-0.1, -0.05) is 30.0 Å². The predicted octanol–water partition coefficient (Wildman–Crippen LogP) is 3.80. The zero-order valence-electron chi connectivity index (χ0n) is 15.4. The molecule has 0 radical (unpaired) electrons. The molecule has 1 N–H and O–H groups in total. The number of aryl methyl sites for hydroxylation is 1. The molecule has 0 spiro atoms. The van der Waals surface area contributed by atoms with Gasteiger partial charge in [0.05, 0.1) is 23.3 Å². The number of hydrogen-bond donors (Lipinski definition) is 1. The van der Waals surface area contributed by atoms with E-state index < -0.39 is 0 Å². The molecule has 0 aliphatic rings. The molecule has 3 rings (SSSR count). The Bertz CT molecular complexity index is 1010. The molecule has 6 nitrogen and oxygen atoms in total. The third-order valence-corrected chi connectivity index (χ3v) is 4.90. The van der Waals surface area contributed by atoms with Crippen LogP contribution < -0.4 is 5.32 Å². The van der Waals surface area contributed by atoms with Crippen LogP contribution in [0, 0.1) is 12.7 Å². The highest BCUT2D eigenvalue weighted by atomic mass is 32.2. The quantitative estimate of drug-likeness (QED) is 0.370. The van der Waals surface area contributed by atoms with Crippen molar-refractivity contribution in [1.82, 2.24) is 15.3 Å². The summed E-state index contributed by atoms with van der Waals surface area (Å²) >= 11 is 1.13. The fourth-order valence-electron chi connectivity index (χ4n) is 2.59. The molecular formula is C20H18FN3O3S. The minimum Gasteiger partial charge on any atom is -0.461 e. The molecule has 28 heavy (non-hydrogen) atoms. The number of ketones is 1. The molecule has 0 saturated carbocycles. The summed E-state index contributed by atoms with van der Waals surface area (Å²) in [5.74, 6) is 0.00830. The number of carbonyl (C=O) groups is 2. The predicted molar refractivity (Wildman–Crippen MR) is 103 cm³/mol. The first kappa shape index (κ1) is 19.8. The van der Waals surface area contributed by atoms with Gasteiger partial charge in [0.2, 0.25) is 5.91 Å². The zero-order chi connectivity index (χ0) is 20.1. The van der Waals surface area contributed by atoms with E-state index in [0.29, 0.717) is 33.4 Å². The average molecular weight is 399 g/mol. The van der Waals surface area contributed by atoms with Gasteiger partial charge in [-0.25, -0.2) is 14.4 Å². The summed E-state index contributed by atoms with van der Waals surface area (Å²) in [5.41, 5.74) is 1.30. The van der Waals surface area contributed by atoms with E-state index >= 15 is 0 Å². The van der Waals surface area contributed by atoms with Gasteiger partial charge in [-0.2, -0.15) is 0 Å². The van der Waals surface area contributed by atoms with E-state index in [-0.39, 0.29) is 29.8 Å². The first-order valence-electron chi connectivity index (χ1n) is 8.52. The minimum absolute atomic E-state index is 0.0305. The van der Waals surface area contributed by atoms with Crippen LogP contribution in [0.1, 0.15) is 28.5 Å². The molecule has 2 heterocycles. The van der Waals surface area contributed by atoms with Gasteiger partial charge in [-0.05, 0) is 32.0 Å². The van der Waals surface area contributed by atoms with Crippen molar-refractivity contribution < 1.29 is 18.4 Å². The van der Waals surface area contributed by atoms with E-state index in [1.807, 2.05) is 0 Å². The van der Waals surface area contributed by atoms with Gasteiger partial charge >= 0.3 is 0 Å². The van der Waals surface area contributed by atoms with Crippen LogP contribution in [0.5, 0.6) is 0 Å². The largest absolute Gasteiger partial charge is 0.461 e. The molecule has 0 bridgehead atoms. The van der Waals surface area contributed by atoms with Gasteiger partial charge < -0.3 is 9.73 Å². The molecule has 3 aromatic rings. The summed E-state index contributed by atoms with van der Waals surface area (Å²) in [6.07, 6.45) is 1.51. The van der Waals surface area contributed by atoms with Gasteiger partial charge in [0.25, 0.3) is 0 Å². The molecule has 0 fully saturated rings. The third-order valence-electron chi connectivity index (χ3n) is 3.92. The first-order chi connectivity index (χ1) is 13.5. The fraction of sp³-hybridized carbons (Fsp3) is 0.200. The molecule has 0 atom stereocenters. The standard InChI is InChI=1S/C20H18FN3O3S/c1-12-18(13(2)25)20(24-19(23-12)16-8-5-9-27-16)28-11-17(26)22-10-14-6-3-4-7-15(14)21/h3-9H,10-11H2,1-2H3,(H,22,26). The lowest BCUT2D eigenvalue weighted by molar-refractivity contribution is -0.118. The Morgan fingerprint density at radius 3 is 2.64 bits per heavy atom. The average Bonchev–Trinajstić information content (AvgIpc) is 3.19. The van der Waals surface area contributed by atoms with Crippen LogP contribution in [0.4, 0.5) is 4.39 Å². The molecule has 1 amide bonds. The number of nitrogens with one attached hydrogen (secondary N) is 1. The summed E-state index contributed by atoms with van der Waals surface area (Å²) in [5, 5.41) is 3.08. The molecule has 144 valence electrons. The number of hydrogen-bond acceptors (Lipinski definition) is 6. The topological polar surface area (TPSA) is 85.1 Å². The Labute approximate surface area is 165 Å². The smallest absolute Gasteiger partial charge is 0.230 e. The van der Waals surface area contributed by atoms with Crippen LogP contribution in [-0.4, -0.2) is 27.4 Å². The Hall–Kier alpha value is -3.00. The monoisotopic (exact) mass is 399 g/mol. The number of Topliss-reactive ketones (excluding diaryl/α,β-unsaturated/α-hetero) is 1. The number of rotatable bonds is 7. The van der Waals surface area contributed by atoms with Crippen molar-refractivity contribution in [2.75, 3.05) is 5.75 Å². The SMILES string of the molecule is CC(=O)c1c(C)nc(-c2ccco2)nc1SCC(=O)NCc1ccccc1F. The molecule has 0 aliphatic heterocycles. The maximum absolute atomic E-state index is 13.6. The van der Waals surface area contributed by atoms with Crippen LogP contribution in [0.3, 0.4) is 0 Å². The Morgan fingerprint density at radius 1 is 1.18 bits per heavy atom. The number of amides is 1. The molecule has 8 heteroatoms. The van der Waals surface area contributed by atoms with Crippen LogP contribution in [0.2, 0.25) is 0 Å². The number of nitrogens with zero attached hydrogens (tertiary/aromatic N) is 2. The van der Waals surface area contributed by atoms with Crippen molar-refractivity contribution in [2.24, 2.45) is 0 Å². The normalized spacial score (nSPS) is 10.7. The van der Waals surface area contributed by atoms with Crippen LogP contribution in [0.15, 0.2) is 52.1 Å². The van der Waals surface area contributed by atoms with Crippen molar-refractivity contribution in [3.63, 3.8) is 0 Å². The number of furan rings is 1. The van der Waals surface area contributed by atoms with E-state index in [1.165, 1.54) is 19.3 Å². The van der Waals surface area contributed by atoms with Crippen LogP contribution in [-0.2, 0) is 11.3 Å². The van der Waals surface area contributed by atoms with Gasteiger partial charge in [0.15, 0.2) is 17.4 Å². The number of carbonyl (C=O) groups excluding carboxylic acids is 2. The van der Waals surface area contributed by atoms with Crippen molar-refractivity contribution in [3.8, 4) is 11.6 Å². The highest BCUT2D eigenvalue weighted by Crippen LogP contribution is 2.27. The molecule has 2 aromatic heterocycles. The van der Waals surface area contributed by atoms with E-state index in [4.69, 9.17) is 4.42 Å². The molecule has 0 unspecified atom stereocenters. The molecule has 1 aromatic carbocycles. The number of halogens is 1. The highest BCUT2D eigenvalue weighted by Gasteiger charge is 2.19. The lowest BCUT2D eigenvalue weighted by atomic mass is 10.2. The summed E-state index contributed by atoms with van der Waals surface area (Å²) in [6.45, 7) is 3.24. The van der Waals surface area contributed by atoms with E-state index in [0.717, 1.165) is 11.8 Å². The van der Waals surface area contributed by atoms with E-state index in [2.05, 4.69) is 15.3 Å². The summed E-state index contributed by atoms with van der Waals surface area (Å²) in [4.78, 5) is 32.9. The maximum atomic E-state index is 13.6. The summed E-state index contributed by atoms with van der Waals surface area (Å²) in [6, 6.07) is 9.69. The number of benzene rings is 1. The Balaban J connectivity index is 1.72. The van der Waals surface area contributed by atoms with Crippen LogP contribution in [0.25, 0.3) is 11.6 Å². The van der Waals surface area contributed by atoms with Crippen molar-refractivity contribution in [3.05, 3.63) is 65.3 Å². The number of thioether (sulfide) groups is 1. The summed E-state index contributed by atoms with van der Waals surface area (Å²) < 4.78 is 19.0. The van der Waals surface area contributed by atoms with Crippen molar-refractivity contribution in [2.45, 2.75) is 25.4 Å². The van der Waals surface area contributed by atoms with Crippen LogP contribution >= 0.6 is 11.8 Å². The second kappa shape index (κ2) is 8.79. The van der Waals surface area contributed by atoms with Crippen molar-refractivity contribution >= 4 is 23.5 Å². The van der Waals surface area contributed by atoms with Gasteiger partial charge in [-0.3, -0.25) is 9.59 Å². The van der Waals surface area contributed by atoms with Gasteiger partial charge in [0.1, 0.15) is 10.8 Å². The fourth-order valence-corrected chi connectivity index (χ4v) is 3.55. The lowest BCUT2D eigenvalue weighted by Gasteiger charge is -2.10. The minimum atomic E-state index is -0.371. The Kier molecular flexibility index (Phi) is 6.20. The van der Waals surface area contributed by atoms with E-state index in [9.17, 15) is 14.0 Å². The van der Waals surface area contributed by atoms with E-state index in [1.54, 1.807) is 37.3 Å². The molecular weight excluding hydrogens is 381 g/mol. The van der Waals surface area contributed by atoms with Gasteiger partial charge in [-0.15, -0.1) is 0 Å². The van der Waals surface area contributed by atoms with Crippen molar-refractivity contribution in [1.29, 1.82) is 0 Å². The Morgan fingerprint density at radius 2 is 1.96 bits per heavy atom. The van der Waals surface area contributed by atoms with Gasteiger partial charge in [0, 0.05) is 12.1 Å². The lowest BCUT2D eigenvalue weighted by Crippen LogP contribution is -2.25. The summed E-state index contributed by atoms with van der Waals surface area (Å²) in [7, 11) is 0. The molecule has 0 aliphatic carbocycles. The first-order valence-corrected chi connectivity index (χ1v) is 9.50. The zero-order valence-corrected chi connectivity index (χ0v) is 16.2. The third kappa shape index (κ3) is 4.64. The highest BCUT2D eigenvalue weighted by molar-refractivity contribution is 8.00. The molecule has 0 saturated heterocycles. The maximum Gasteiger partial charge on any atom is 0.230 e. The second-order valence-corrected chi connectivity index (χ2v) is 6.97. The number of aromatic nitrogens is 2.